The van der Waals surface area contributed by atoms with Gasteiger partial charge in [0.2, 0.25) is 5.91 Å². The molecule has 1 amide bonds. The van der Waals surface area contributed by atoms with Gasteiger partial charge in [0.25, 0.3) is 7.82 Å². The molecular formula is C59H111N2O6P. The zero-order valence-electron chi connectivity index (χ0n) is 45.3. The number of unbranched alkanes of at least 4 members (excludes halogenated alkanes) is 31. The summed E-state index contributed by atoms with van der Waals surface area (Å²) in [6.07, 6.45) is 67.5. The van der Waals surface area contributed by atoms with E-state index in [-0.39, 0.29) is 18.9 Å². The number of amides is 1. The Morgan fingerprint density at radius 1 is 0.529 bits per heavy atom. The largest absolute Gasteiger partial charge is 0.756 e. The van der Waals surface area contributed by atoms with Crippen LogP contribution < -0.4 is 10.2 Å². The second-order valence-corrected chi connectivity index (χ2v) is 22.0. The van der Waals surface area contributed by atoms with Gasteiger partial charge in [0.15, 0.2) is 0 Å². The summed E-state index contributed by atoms with van der Waals surface area (Å²) in [7, 11) is 1.23. The third-order valence-electron chi connectivity index (χ3n) is 12.7. The Morgan fingerprint density at radius 3 is 1.31 bits per heavy atom. The first kappa shape index (κ1) is 66.2. The molecule has 0 aromatic rings. The van der Waals surface area contributed by atoms with Crippen LogP contribution in [0.2, 0.25) is 0 Å². The molecule has 2 N–H and O–H groups in total. The summed E-state index contributed by atoms with van der Waals surface area (Å²) in [5, 5.41) is 13.8. The Morgan fingerprint density at radius 2 is 0.897 bits per heavy atom. The minimum atomic E-state index is -4.61. The number of phosphoric acid groups is 1. The van der Waals surface area contributed by atoms with E-state index in [1.165, 1.54) is 173 Å². The van der Waals surface area contributed by atoms with Crippen LogP contribution in [0.4, 0.5) is 0 Å². The number of allylic oxidation sites excluding steroid dienone is 9. The fourth-order valence-electron chi connectivity index (χ4n) is 8.26. The molecule has 8 nitrogen and oxygen atoms in total. The van der Waals surface area contributed by atoms with E-state index in [9.17, 15) is 19.4 Å². The predicted molar refractivity (Wildman–Crippen MR) is 293 cm³/mol. The Kier molecular flexibility index (Phi) is 48.8. The molecule has 0 aromatic carbocycles. The van der Waals surface area contributed by atoms with Crippen molar-refractivity contribution in [3.63, 3.8) is 0 Å². The Hall–Kier alpha value is -1.80. The highest BCUT2D eigenvalue weighted by Crippen LogP contribution is 2.38. The number of quaternary nitrogens is 1. The number of carbonyl (C=O) groups is 1. The van der Waals surface area contributed by atoms with Crippen LogP contribution in [0, 0.1) is 0 Å². The van der Waals surface area contributed by atoms with Crippen molar-refractivity contribution >= 4 is 13.7 Å². The van der Waals surface area contributed by atoms with Crippen LogP contribution in [0.3, 0.4) is 0 Å². The monoisotopic (exact) mass is 975 g/mol. The molecule has 0 heterocycles. The molecule has 0 radical (unpaired) electrons. The van der Waals surface area contributed by atoms with Crippen LogP contribution in [-0.4, -0.2) is 68.5 Å². The van der Waals surface area contributed by atoms with Crippen LogP contribution in [0.15, 0.2) is 60.8 Å². The smallest absolute Gasteiger partial charge is 0.268 e. The van der Waals surface area contributed by atoms with E-state index in [1.54, 1.807) is 6.08 Å². The van der Waals surface area contributed by atoms with Crippen molar-refractivity contribution < 1.29 is 32.9 Å². The van der Waals surface area contributed by atoms with Crippen molar-refractivity contribution in [1.82, 2.24) is 5.32 Å². The number of hydrogen-bond acceptors (Lipinski definition) is 6. The number of rotatable bonds is 52. The van der Waals surface area contributed by atoms with Gasteiger partial charge < -0.3 is 28.8 Å². The van der Waals surface area contributed by atoms with Crippen LogP contribution in [0.5, 0.6) is 0 Å². The normalized spacial score (nSPS) is 14.4. The van der Waals surface area contributed by atoms with Gasteiger partial charge in [0.05, 0.1) is 39.9 Å². The summed E-state index contributed by atoms with van der Waals surface area (Å²) in [5.74, 6) is -0.237. The zero-order chi connectivity index (χ0) is 49.9. The molecule has 0 bridgehead atoms. The summed E-state index contributed by atoms with van der Waals surface area (Å²) in [6.45, 7) is 4.51. The standard InChI is InChI=1S/C59H111N2O6P/c1-6-8-10-12-14-16-18-20-22-23-24-25-26-27-28-29-30-31-32-33-34-35-36-37-39-40-42-44-46-48-50-52-58(62)57(56-67-68(64,65)66-55-54-61(3,4)5)60-59(63)53-51-49-47-45-43-41-38-21-19-17-15-13-11-9-7-2/h9,11,15,17,21,38,43,45,50,52,57-58,62H,6-8,10,12-14,16,18-20,22-37,39-42,44,46-49,51,53-56H2,1-5H3,(H-,60,63,64,65)/b11-9-,17-15-,38-21-,45-43-,52-50+. The fraction of sp³-hybridized carbons (Fsp3) is 0.814. The van der Waals surface area contributed by atoms with E-state index in [1.807, 2.05) is 27.2 Å². The van der Waals surface area contributed by atoms with Crippen LogP contribution in [0.1, 0.15) is 258 Å². The van der Waals surface area contributed by atoms with Gasteiger partial charge in [-0.05, 0) is 57.8 Å². The highest BCUT2D eigenvalue weighted by atomic mass is 31.2. The molecule has 3 unspecified atom stereocenters. The number of carbonyl (C=O) groups excluding carboxylic acids is 1. The average molecular weight is 976 g/mol. The molecule has 0 fully saturated rings. The molecule has 0 spiro atoms. The molecule has 0 rings (SSSR count). The topological polar surface area (TPSA) is 108 Å². The molecule has 0 aliphatic heterocycles. The molecule has 398 valence electrons. The van der Waals surface area contributed by atoms with E-state index in [4.69, 9.17) is 9.05 Å². The maximum absolute atomic E-state index is 12.9. The lowest BCUT2D eigenvalue weighted by Gasteiger charge is -2.29. The van der Waals surface area contributed by atoms with E-state index in [0.29, 0.717) is 17.4 Å². The summed E-state index contributed by atoms with van der Waals surface area (Å²) in [6, 6.07) is -0.911. The van der Waals surface area contributed by atoms with Gasteiger partial charge in [0.1, 0.15) is 13.2 Å². The third-order valence-corrected chi connectivity index (χ3v) is 13.7. The summed E-state index contributed by atoms with van der Waals surface area (Å²) >= 11 is 0. The number of aliphatic hydroxyl groups excluding tert-OH is 1. The van der Waals surface area contributed by atoms with Gasteiger partial charge in [-0.2, -0.15) is 0 Å². The Labute approximate surface area is 422 Å². The number of aliphatic hydroxyl groups is 1. The van der Waals surface area contributed by atoms with E-state index < -0.39 is 26.6 Å². The van der Waals surface area contributed by atoms with Gasteiger partial charge in [-0.15, -0.1) is 0 Å². The van der Waals surface area contributed by atoms with Crippen LogP contribution in [0.25, 0.3) is 0 Å². The number of nitrogens with zero attached hydrogens (tertiary/aromatic N) is 1. The first-order chi connectivity index (χ1) is 33.0. The summed E-state index contributed by atoms with van der Waals surface area (Å²) in [4.78, 5) is 25.4. The minimum Gasteiger partial charge on any atom is -0.756 e. The van der Waals surface area contributed by atoms with Crippen LogP contribution >= 0.6 is 7.82 Å². The molecule has 68 heavy (non-hydrogen) atoms. The lowest BCUT2D eigenvalue weighted by molar-refractivity contribution is -0.870. The molecule has 0 saturated carbocycles. The highest BCUT2D eigenvalue weighted by molar-refractivity contribution is 7.45. The molecule has 0 saturated heterocycles. The second kappa shape index (κ2) is 50.2. The molecule has 0 aromatic heterocycles. The van der Waals surface area contributed by atoms with Gasteiger partial charge in [-0.1, -0.05) is 254 Å². The van der Waals surface area contributed by atoms with Crippen molar-refractivity contribution in [2.75, 3.05) is 40.9 Å². The number of phosphoric ester groups is 1. The van der Waals surface area contributed by atoms with Crippen molar-refractivity contribution in [3.05, 3.63) is 60.8 Å². The van der Waals surface area contributed by atoms with Crippen LogP contribution in [-0.2, 0) is 18.4 Å². The third kappa shape index (κ3) is 52.0. The highest BCUT2D eigenvalue weighted by Gasteiger charge is 2.23. The molecular weight excluding hydrogens is 864 g/mol. The fourth-order valence-corrected chi connectivity index (χ4v) is 8.99. The van der Waals surface area contributed by atoms with Crippen molar-refractivity contribution in [3.8, 4) is 0 Å². The van der Waals surface area contributed by atoms with E-state index in [2.05, 4.69) is 67.8 Å². The first-order valence-corrected chi connectivity index (χ1v) is 30.1. The van der Waals surface area contributed by atoms with Gasteiger partial charge in [-0.25, -0.2) is 0 Å². The lowest BCUT2D eigenvalue weighted by Crippen LogP contribution is -2.45. The minimum absolute atomic E-state index is 0.0112. The quantitative estimate of drug-likeness (QED) is 0.0272. The van der Waals surface area contributed by atoms with Crippen molar-refractivity contribution in [2.45, 2.75) is 270 Å². The first-order valence-electron chi connectivity index (χ1n) is 28.7. The molecule has 0 aliphatic rings. The second-order valence-electron chi connectivity index (χ2n) is 20.6. The van der Waals surface area contributed by atoms with Crippen molar-refractivity contribution in [2.24, 2.45) is 0 Å². The maximum atomic E-state index is 12.9. The summed E-state index contributed by atoms with van der Waals surface area (Å²) < 4.78 is 23.3. The lowest BCUT2D eigenvalue weighted by atomic mass is 10.0. The van der Waals surface area contributed by atoms with E-state index >= 15 is 0 Å². The molecule has 9 heteroatoms. The van der Waals surface area contributed by atoms with E-state index in [0.717, 1.165) is 57.8 Å². The number of hydrogen-bond donors (Lipinski definition) is 2. The van der Waals surface area contributed by atoms with Gasteiger partial charge in [0, 0.05) is 6.42 Å². The zero-order valence-corrected chi connectivity index (χ0v) is 46.2. The SMILES string of the molecule is CC/C=C\C/C=C\C/C=C\C/C=C\CCCCC(=O)NC(COP(=O)([O-])OCC[N+](C)(C)C)C(O)/C=C/CCCCCCCCCCCCCCCCCCCCCCCCCCCCCCC. The Bertz CT molecular complexity index is 1290. The summed E-state index contributed by atoms with van der Waals surface area (Å²) in [5.41, 5.74) is 0. The molecule has 0 aliphatic carbocycles. The molecule has 3 atom stereocenters. The van der Waals surface area contributed by atoms with Crippen molar-refractivity contribution in [1.29, 1.82) is 0 Å². The number of nitrogens with one attached hydrogen (secondary N) is 1. The predicted octanol–water partition coefficient (Wildman–Crippen LogP) is 16.7. The van der Waals surface area contributed by atoms with Gasteiger partial charge >= 0.3 is 0 Å². The van der Waals surface area contributed by atoms with Gasteiger partial charge in [-0.3, -0.25) is 9.36 Å². The maximum Gasteiger partial charge on any atom is 0.268 e. The average Bonchev–Trinajstić information content (AvgIpc) is 3.30. The Balaban J connectivity index is 4.14. The number of likely N-dealkylation sites (N-methyl/N-ethyl adjacent to an activating group) is 1.